The fourth-order valence-corrected chi connectivity index (χ4v) is 4.54. The molecule has 5 nitrogen and oxygen atoms in total. The second-order valence-corrected chi connectivity index (χ2v) is 7.49. The summed E-state index contributed by atoms with van der Waals surface area (Å²) in [7, 11) is 0. The van der Waals surface area contributed by atoms with Crippen molar-refractivity contribution >= 4 is 11.9 Å². The first-order chi connectivity index (χ1) is 9.74. The van der Waals surface area contributed by atoms with Crippen molar-refractivity contribution < 1.29 is 9.90 Å². The van der Waals surface area contributed by atoms with E-state index >= 15 is 0 Å². The standard InChI is InChI=1S/C16H23N3O2/c1-9-11(12(20)21)8-17-14(18-9)19-13-15(2,3)10-5-6-16(13,4)7-10/h8,10,13H,5-7H2,1-4H3,(H,20,21)(H,17,18,19). The smallest absolute Gasteiger partial charge is 0.339 e. The van der Waals surface area contributed by atoms with Crippen LogP contribution in [0.1, 0.15) is 56.1 Å². The summed E-state index contributed by atoms with van der Waals surface area (Å²) in [5.74, 6) is 0.315. The number of aromatic carboxylic acids is 1. The number of rotatable bonds is 3. The molecule has 21 heavy (non-hydrogen) atoms. The molecule has 2 aliphatic carbocycles. The molecule has 0 spiro atoms. The van der Waals surface area contributed by atoms with Crippen molar-refractivity contribution in [1.82, 2.24) is 9.97 Å². The summed E-state index contributed by atoms with van der Waals surface area (Å²) in [6.07, 6.45) is 5.20. The third-order valence-corrected chi connectivity index (χ3v) is 5.75. The van der Waals surface area contributed by atoms with Crippen LogP contribution in [0.5, 0.6) is 0 Å². The molecule has 2 N–H and O–H groups in total. The lowest BCUT2D eigenvalue weighted by atomic mass is 9.68. The van der Waals surface area contributed by atoms with Gasteiger partial charge in [0.15, 0.2) is 0 Å². The van der Waals surface area contributed by atoms with E-state index in [1.54, 1.807) is 6.92 Å². The van der Waals surface area contributed by atoms with Gasteiger partial charge in [-0.05, 0) is 42.9 Å². The predicted octanol–water partition coefficient (Wildman–Crippen LogP) is 3.11. The summed E-state index contributed by atoms with van der Waals surface area (Å²) in [5.41, 5.74) is 1.18. The van der Waals surface area contributed by atoms with Crippen molar-refractivity contribution in [1.29, 1.82) is 0 Å². The third-order valence-electron chi connectivity index (χ3n) is 5.75. The van der Waals surface area contributed by atoms with Crippen LogP contribution in [0.3, 0.4) is 0 Å². The molecular weight excluding hydrogens is 266 g/mol. The van der Waals surface area contributed by atoms with Gasteiger partial charge in [0.1, 0.15) is 0 Å². The lowest BCUT2D eigenvalue weighted by Crippen LogP contribution is -2.46. The Kier molecular flexibility index (Phi) is 3.01. The number of aromatic nitrogens is 2. The number of nitrogens with zero attached hydrogens (tertiary/aromatic N) is 2. The van der Waals surface area contributed by atoms with Crippen LogP contribution in [0.4, 0.5) is 5.95 Å². The maximum absolute atomic E-state index is 11.0. The zero-order valence-electron chi connectivity index (χ0n) is 13.1. The van der Waals surface area contributed by atoms with E-state index in [0.29, 0.717) is 17.7 Å². The zero-order valence-corrected chi connectivity index (χ0v) is 13.1. The van der Waals surface area contributed by atoms with Crippen LogP contribution in [0.2, 0.25) is 0 Å². The highest BCUT2D eigenvalue weighted by Crippen LogP contribution is 2.62. The Morgan fingerprint density at radius 2 is 2.14 bits per heavy atom. The highest BCUT2D eigenvalue weighted by molar-refractivity contribution is 5.88. The summed E-state index contributed by atoms with van der Waals surface area (Å²) in [6, 6.07) is 0.332. The van der Waals surface area contributed by atoms with Crippen LogP contribution < -0.4 is 5.32 Å². The molecule has 2 saturated carbocycles. The largest absolute Gasteiger partial charge is 0.478 e. The van der Waals surface area contributed by atoms with E-state index in [1.807, 2.05) is 0 Å². The first-order valence-electron chi connectivity index (χ1n) is 7.57. The topological polar surface area (TPSA) is 75.1 Å². The molecule has 3 rings (SSSR count). The van der Waals surface area contributed by atoms with Gasteiger partial charge in [0, 0.05) is 12.2 Å². The molecule has 0 radical (unpaired) electrons. The summed E-state index contributed by atoms with van der Waals surface area (Å²) >= 11 is 0. The van der Waals surface area contributed by atoms with Crippen molar-refractivity contribution in [3.63, 3.8) is 0 Å². The number of fused-ring (bicyclic) bond motifs is 2. The molecule has 2 aliphatic rings. The van der Waals surface area contributed by atoms with Crippen LogP contribution in [0, 0.1) is 23.7 Å². The zero-order chi connectivity index (χ0) is 15.4. The molecule has 1 aromatic heterocycles. The maximum atomic E-state index is 11.0. The number of carboxylic acid groups (broad SMARTS) is 1. The summed E-state index contributed by atoms with van der Waals surface area (Å²) in [6.45, 7) is 8.69. The molecule has 0 amide bonds. The Morgan fingerprint density at radius 1 is 1.43 bits per heavy atom. The van der Waals surface area contributed by atoms with Gasteiger partial charge in [-0.3, -0.25) is 0 Å². The van der Waals surface area contributed by atoms with E-state index < -0.39 is 5.97 Å². The van der Waals surface area contributed by atoms with Crippen LogP contribution in [-0.4, -0.2) is 27.1 Å². The molecule has 0 saturated heterocycles. The summed E-state index contributed by atoms with van der Waals surface area (Å²) in [5, 5.41) is 12.5. The van der Waals surface area contributed by atoms with Crippen molar-refractivity contribution in [2.24, 2.45) is 16.7 Å². The minimum Gasteiger partial charge on any atom is -0.478 e. The van der Waals surface area contributed by atoms with Crippen molar-refractivity contribution in [3.8, 4) is 0 Å². The van der Waals surface area contributed by atoms with E-state index in [0.717, 1.165) is 5.92 Å². The molecule has 2 bridgehead atoms. The highest BCUT2D eigenvalue weighted by Gasteiger charge is 2.59. The number of carbonyl (C=O) groups is 1. The lowest BCUT2D eigenvalue weighted by Gasteiger charge is -2.43. The van der Waals surface area contributed by atoms with Crippen LogP contribution in [0.15, 0.2) is 6.20 Å². The number of aryl methyl sites for hydroxylation is 1. The molecular formula is C16H23N3O2. The Balaban J connectivity index is 1.87. The molecule has 1 aromatic rings. The number of carboxylic acids is 1. The quantitative estimate of drug-likeness (QED) is 0.894. The van der Waals surface area contributed by atoms with Crippen LogP contribution >= 0.6 is 0 Å². The molecule has 3 atom stereocenters. The monoisotopic (exact) mass is 289 g/mol. The van der Waals surface area contributed by atoms with Crippen molar-refractivity contribution in [2.45, 2.75) is 53.0 Å². The molecule has 0 aromatic carbocycles. The minimum absolute atomic E-state index is 0.166. The lowest BCUT2D eigenvalue weighted by molar-refractivity contribution is 0.0695. The molecule has 3 unspecified atom stereocenters. The summed E-state index contributed by atoms with van der Waals surface area (Å²) < 4.78 is 0. The van der Waals surface area contributed by atoms with E-state index in [-0.39, 0.29) is 16.4 Å². The number of hydrogen-bond donors (Lipinski definition) is 2. The predicted molar refractivity (Wildman–Crippen MR) is 80.4 cm³/mol. The van der Waals surface area contributed by atoms with E-state index in [4.69, 9.17) is 5.11 Å². The normalized spacial score (nSPS) is 33.1. The van der Waals surface area contributed by atoms with Gasteiger partial charge in [0.25, 0.3) is 0 Å². The average molecular weight is 289 g/mol. The van der Waals surface area contributed by atoms with Gasteiger partial charge in [0.2, 0.25) is 5.95 Å². The van der Waals surface area contributed by atoms with Gasteiger partial charge in [0.05, 0.1) is 11.3 Å². The van der Waals surface area contributed by atoms with Gasteiger partial charge < -0.3 is 10.4 Å². The van der Waals surface area contributed by atoms with Gasteiger partial charge >= 0.3 is 5.97 Å². The second kappa shape index (κ2) is 4.42. The Labute approximate surface area is 125 Å². The van der Waals surface area contributed by atoms with Gasteiger partial charge in [-0.25, -0.2) is 14.8 Å². The van der Waals surface area contributed by atoms with Crippen molar-refractivity contribution in [2.75, 3.05) is 5.32 Å². The number of nitrogens with one attached hydrogen (secondary N) is 1. The van der Waals surface area contributed by atoms with E-state index in [2.05, 4.69) is 36.1 Å². The van der Waals surface area contributed by atoms with Gasteiger partial charge in [-0.15, -0.1) is 0 Å². The Hall–Kier alpha value is -1.65. The highest BCUT2D eigenvalue weighted by atomic mass is 16.4. The molecule has 1 heterocycles. The maximum Gasteiger partial charge on any atom is 0.339 e. The Bertz CT molecular complexity index is 594. The van der Waals surface area contributed by atoms with Crippen LogP contribution in [-0.2, 0) is 0 Å². The van der Waals surface area contributed by atoms with Gasteiger partial charge in [-0.2, -0.15) is 0 Å². The fraction of sp³-hybridized carbons (Fsp3) is 0.688. The first kappa shape index (κ1) is 14.3. The van der Waals surface area contributed by atoms with Crippen LogP contribution in [0.25, 0.3) is 0 Å². The summed E-state index contributed by atoms with van der Waals surface area (Å²) in [4.78, 5) is 19.6. The van der Waals surface area contributed by atoms with Crippen molar-refractivity contribution in [3.05, 3.63) is 17.5 Å². The van der Waals surface area contributed by atoms with E-state index in [1.165, 1.54) is 25.5 Å². The Morgan fingerprint density at radius 3 is 2.67 bits per heavy atom. The first-order valence-corrected chi connectivity index (χ1v) is 7.57. The average Bonchev–Trinajstić information content (AvgIpc) is 2.85. The second-order valence-electron chi connectivity index (χ2n) is 7.49. The third kappa shape index (κ3) is 2.10. The molecule has 114 valence electrons. The van der Waals surface area contributed by atoms with Gasteiger partial charge in [-0.1, -0.05) is 20.8 Å². The number of anilines is 1. The van der Waals surface area contributed by atoms with E-state index in [9.17, 15) is 4.79 Å². The molecule has 2 fully saturated rings. The molecule has 5 heteroatoms. The SMILES string of the molecule is Cc1nc(NC2C3(C)CCC(C3)C2(C)C)ncc1C(=O)O. The molecule has 0 aliphatic heterocycles. The number of hydrogen-bond acceptors (Lipinski definition) is 4. The fourth-order valence-electron chi connectivity index (χ4n) is 4.54. The minimum atomic E-state index is -0.980.